The number of hydrogen-bond donors (Lipinski definition) is 2. The predicted molar refractivity (Wildman–Crippen MR) is 68.9 cm³/mol. The second-order valence-electron chi connectivity index (χ2n) is 4.19. The van der Waals surface area contributed by atoms with Gasteiger partial charge in [-0.2, -0.15) is 0 Å². The van der Waals surface area contributed by atoms with E-state index < -0.39 is 6.10 Å². The highest BCUT2D eigenvalue weighted by molar-refractivity contribution is 9.10. The second kappa shape index (κ2) is 4.20. The molecule has 3 rings (SSSR count). The van der Waals surface area contributed by atoms with Gasteiger partial charge in [-0.25, -0.2) is 0 Å². The summed E-state index contributed by atoms with van der Waals surface area (Å²) >= 11 is 3.37. The summed E-state index contributed by atoms with van der Waals surface area (Å²) in [6, 6.07) is 9.86. The first kappa shape index (κ1) is 10.9. The van der Waals surface area contributed by atoms with Crippen LogP contribution in [0.5, 0.6) is 0 Å². The summed E-state index contributed by atoms with van der Waals surface area (Å²) in [5.41, 5.74) is 2.33. The third kappa shape index (κ3) is 1.87. The molecule has 0 aliphatic carbocycles. The standard InChI is InChI=1S/C13H12BrNO2/c14-9-5-6-17-13(9)12(16)11-7-8-3-1-2-4-10(8)15-11/h1-6,11-12,15-16H,7H2. The molecule has 1 aliphatic heterocycles. The fourth-order valence-corrected chi connectivity index (χ4v) is 2.65. The third-order valence-corrected chi connectivity index (χ3v) is 3.75. The summed E-state index contributed by atoms with van der Waals surface area (Å²) in [5, 5.41) is 13.6. The van der Waals surface area contributed by atoms with E-state index in [2.05, 4.69) is 27.3 Å². The molecule has 0 radical (unpaired) electrons. The molecule has 0 fully saturated rings. The van der Waals surface area contributed by atoms with E-state index in [1.165, 1.54) is 5.56 Å². The highest BCUT2D eigenvalue weighted by atomic mass is 79.9. The number of anilines is 1. The highest BCUT2D eigenvalue weighted by Crippen LogP contribution is 2.34. The molecule has 0 spiro atoms. The molecule has 0 saturated heterocycles. The first-order valence-corrected chi connectivity index (χ1v) is 6.30. The molecule has 17 heavy (non-hydrogen) atoms. The molecule has 3 nitrogen and oxygen atoms in total. The minimum atomic E-state index is -0.647. The minimum Gasteiger partial charge on any atom is -0.465 e. The Morgan fingerprint density at radius 1 is 1.35 bits per heavy atom. The number of nitrogens with one attached hydrogen (secondary N) is 1. The maximum atomic E-state index is 10.3. The molecule has 1 aliphatic rings. The molecule has 2 aromatic rings. The number of aliphatic hydroxyl groups excluding tert-OH is 1. The van der Waals surface area contributed by atoms with Crippen molar-refractivity contribution in [3.8, 4) is 0 Å². The molecule has 2 atom stereocenters. The van der Waals surface area contributed by atoms with Gasteiger partial charge in [0, 0.05) is 5.69 Å². The van der Waals surface area contributed by atoms with Gasteiger partial charge in [0.15, 0.2) is 0 Å². The number of fused-ring (bicyclic) bond motifs is 1. The van der Waals surface area contributed by atoms with Crippen LogP contribution in [0.25, 0.3) is 0 Å². The summed E-state index contributed by atoms with van der Waals surface area (Å²) in [4.78, 5) is 0. The van der Waals surface area contributed by atoms with Crippen molar-refractivity contribution in [3.05, 3.63) is 52.4 Å². The van der Waals surface area contributed by atoms with E-state index in [9.17, 15) is 5.11 Å². The Labute approximate surface area is 108 Å². The zero-order valence-corrected chi connectivity index (χ0v) is 10.6. The third-order valence-electron chi connectivity index (χ3n) is 3.09. The first-order valence-electron chi connectivity index (χ1n) is 5.51. The van der Waals surface area contributed by atoms with Crippen molar-refractivity contribution in [3.63, 3.8) is 0 Å². The van der Waals surface area contributed by atoms with E-state index in [1.54, 1.807) is 12.3 Å². The molecule has 2 heterocycles. The van der Waals surface area contributed by atoms with E-state index >= 15 is 0 Å². The summed E-state index contributed by atoms with van der Waals surface area (Å²) in [6.45, 7) is 0. The van der Waals surface area contributed by atoms with Crippen LogP contribution in [-0.2, 0) is 6.42 Å². The van der Waals surface area contributed by atoms with Crippen molar-refractivity contribution < 1.29 is 9.52 Å². The Morgan fingerprint density at radius 2 is 2.18 bits per heavy atom. The quantitative estimate of drug-likeness (QED) is 0.894. The zero-order chi connectivity index (χ0) is 11.8. The van der Waals surface area contributed by atoms with Crippen molar-refractivity contribution in [1.82, 2.24) is 0 Å². The van der Waals surface area contributed by atoms with Gasteiger partial charge in [-0.05, 0) is 40.0 Å². The number of para-hydroxylation sites is 1. The average Bonchev–Trinajstić information content (AvgIpc) is 2.93. The lowest BCUT2D eigenvalue weighted by molar-refractivity contribution is 0.129. The Kier molecular flexibility index (Phi) is 2.68. The number of benzene rings is 1. The average molecular weight is 294 g/mol. The van der Waals surface area contributed by atoms with Gasteiger partial charge in [0.2, 0.25) is 0 Å². The van der Waals surface area contributed by atoms with Gasteiger partial charge < -0.3 is 14.8 Å². The molecule has 1 aromatic heterocycles. The number of furan rings is 1. The van der Waals surface area contributed by atoms with Crippen LogP contribution >= 0.6 is 15.9 Å². The maximum absolute atomic E-state index is 10.3. The SMILES string of the molecule is OC(c1occc1Br)C1Cc2ccccc2N1. The summed E-state index contributed by atoms with van der Waals surface area (Å²) in [6.07, 6.45) is 1.74. The zero-order valence-electron chi connectivity index (χ0n) is 9.06. The van der Waals surface area contributed by atoms with Crippen molar-refractivity contribution in [1.29, 1.82) is 0 Å². The lowest BCUT2D eigenvalue weighted by Gasteiger charge is -2.17. The van der Waals surface area contributed by atoms with E-state index in [-0.39, 0.29) is 6.04 Å². The Hall–Kier alpha value is -1.26. The lowest BCUT2D eigenvalue weighted by atomic mass is 10.0. The van der Waals surface area contributed by atoms with Crippen LogP contribution in [0.15, 0.2) is 45.5 Å². The van der Waals surface area contributed by atoms with Gasteiger partial charge in [-0.15, -0.1) is 0 Å². The Balaban J connectivity index is 1.83. The topological polar surface area (TPSA) is 45.4 Å². The van der Waals surface area contributed by atoms with Crippen molar-refractivity contribution >= 4 is 21.6 Å². The van der Waals surface area contributed by atoms with Crippen molar-refractivity contribution in [2.24, 2.45) is 0 Å². The van der Waals surface area contributed by atoms with Crippen molar-refractivity contribution in [2.45, 2.75) is 18.6 Å². The van der Waals surface area contributed by atoms with Crippen molar-refractivity contribution in [2.75, 3.05) is 5.32 Å². The Bertz CT molecular complexity index is 513. The Morgan fingerprint density at radius 3 is 2.88 bits per heavy atom. The lowest BCUT2D eigenvalue weighted by Crippen LogP contribution is -2.24. The predicted octanol–water partition coefficient (Wildman–Crippen LogP) is 3.11. The molecular formula is C13H12BrNO2. The van der Waals surface area contributed by atoms with Crippen LogP contribution in [-0.4, -0.2) is 11.1 Å². The molecule has 0 amide bonds. The molecule has 1 aromatic carbocycles. The number of aliphatic hydroxyl groups is 1. The van der Waals surface area contributed by atoms with E-state index in [1.807, 2.05) is 18.2 Å². The van der Waals surface area contributed by atoms with Gasteiger partial charge in [0.1, 0.15) is 11.9 Å². The monoisotopic (exact) mass is 293 g/mol. The fourth-order valence-electron chi connectivity index (χ4n) is 2.22. The van der Waals surface area contributed by atoms with Gasteiger partial charge in [-0.1, -0.05) is 18.2 Å². The van der Waals surface area contributed by atoms with E-state index in [0.717, 1.165) is 16.6 Å². The largest absolute Gasteiger partial charge is 0.465 e. The van der Waals surface area contributed by atoms with Crippen LogP contribution < -0.4 is 5.32 Å². The fraction of sp³-hybridized carbons (Fsp3) is 0.231. The molecule has 0 saturated carbocycles. The normalized spacial score (nSPS) is 19.8. The molecule has 2 unspecified atom stereocenters. The van der Waals surface area contributed by atoms with Gasteiger partial charge in [0.05, 0.1) is 16.8 Å². The second-order valence-corrected chi connectivity index (χ2v) is 5.04. The minimum absolute atomic E-state index is 0.0325. The molecule has 2 N–H and O–H groups in total. The van der Waals surface area contributed by atoms with Crippen LogP contribution in [0.4, 0.5) is 5.69 Å². The number of halogens is 1. The number of hydrogen-bond acceptors (Lipinski definition) is 3. The van der Waals surface area contributed by atoms with Crippen LogP contribution in [0.3, 0.4) is 0 Å². The highest BCUT2D eigenvalue weighted by Gasteiger charge is 2.30. The molecule has 4 heteroatoms. The maximum Gasteiger partial charge on any atom is 0.148 e. The van der Waals surface area contributed by atoms with E-state index in [4.69, 9.17) is 4.42 Å². The summed E-state index contributed by atoms with van der Waals surface area (Å²) < 4.78 is 6.11. The van der Waals surface area contributed by atoms with Gasteiger partial charge in [0.25, 0.3) is 0 Å². The number of rotatable bonds is 2. The van der Waals surface area contributed by atoms with Crippen LogP contribution in [0.1, 0.15) is 17.4 Å². The first-order chi connectivity index (χ1) is 8.25. The van der Waals surface area contributed by atoms with Crippen LogP contribution in [0, 0.1) is 0 Å². The van der Waals surface area contributed by atoms with E-state index in [0.29, 0.717) is 5.76 Å². The van der Waals surface area contributed by atoms with Crippen LogP contribution in [0.2, 0.25) is 0 Å². The summed E-state index contributed by atoms with van der Waals surface area (Å²) in [5.74, 6) is 0.579. The van der Waals surface area contributed by atoms with Gasteiger partial charge >= 0.3 is 0 Å². The van der Waals surface area contributed by atoms with Gasteiger partial charge in [-0.3, -0.25) is 0 Å². The summed E-state index contributed by atoms with van der Waals surface area (Å²) in [7, 11) is 0. The molecular weight excluding hydrogens is 282 g/mol. The smallest absolute Gasteiger partial charge is 0.148 e. The molecule has 0 bridgehead atoms. The molecule has 88 valence electrons.